The van der Waals surface area contributed by atoms with Crippen LogP contribution in [0.4, 0.5) is 10.5 Å². The fourth-order valence-electron chi connectivity index (χ4n) is 3.83. The molecule has 4 rings (SSSR count). The minimum Gasteiger partial charge on any atom is -0.444 e. The van der Waals surface area contributed by atoms with Crippen molar-refractivity contribution in [2.24, 2.45) is 0 Å². The summed E-state index contributed by atoms with van der Waals surface area (Å²) >= 11 is 6.24. The maximum Gasteiger partial charge on any atom is 0.413 e. The first-order valence-electron chi connectivity index (χ1n) is 10.6. The van der Waals surface area contributed by atoms with Crippen LogP contribution in [0.15, 0.2) is 27.5 Å². The predicted octanol–water partition coefficient (Wildman–Crippen LogP) is 7.07. The van der Waals surface area contributed by atoms with Crippen molar-refractivity contribution in [2.75, 3.05) is 0 Å². The van der Waals surface area contributed by atoms with Gasteiger partial charge in [-0.15, -0.1) is 22.7 Å². The van der Waals surface area contributed by atoms with Crippen LogP contribution in [0.5, 0.6) is 0 Å². The molecule has 0 radical (unpaired) electrons. The third kappa shape index (κ3) is 4.86. The summed E-state index contributed by atoms with van der Waals surface area (Å²) in [7, 11) is 0. The number of rotatable bonds is 3. The molecule has 0 N–H and O–H groups in total. The van der Waals surface area contributed by atoms with E-state index in [0.717, 1.165) is 9.61 Å². The summed E-state index contributed by atoms with van der Waals surface area (Å²) in [6, 6.07) is 3.09. The second-order valence-corrected chi connectivity index (χ2v) is 11.8. The molecule has 11 heteroatoms. The van der Waals surface area contributed by atoms with Gasteiger partial charge in [-0.25, -0.2) is 19.6 Å². The van der Waals surface area contributed by atoms with E-state index in [1.165, 1.54) is 22.7 Å². The van der Waals surface area contributed by atoms with Crippen LogP contribution in [0.2, 0.25) is 0 Å². The van der Waals surface area contributed by atoms with Gasteiger partial charge in [0.2, 0.25) is 5.69 Å². The third-order valence-electron chi connectivity index (χ3n) is 5.07. The van der Waals surface area contributed by atoms with Gasteiger partial charge < -0.3 is 9.47 Å². The van der Waals surface area contributed by atoms with E-state index < -0.39 is 23.5 Å². The van der Waals surface area contributed by atoms with E-state index in [4.69, 9.17) is 26.0 Å². The molecule has 178 valence electrons. The molecule has 1 aliphatic rings. The molecule has 0 spiro atoms. The summed E-state index contributed by atoms with van der Waals surface area (Å²) in [5.41, 5.74) is 0.617. The van der Waals surface area contributed by atoms with Gasteiger partial charge in [-0.1, -0.05) is 6.07 Å². The summed E-state index contributed by atoms with van der Waals surface area (Å²) in [6.45, 7) is 18.7. The van der Waals surface area contributed by atoms with E-state index in [1.807, 2.05) is 52.3 Å². The summed E-state index contributed by atoms with van der Waals surface area (Å²) in [6.07, 6.45) is -0.756. The number of halogens is 1. The Morgan fingerprint density at radius 1 is 1.21 bits per heavy atom. The first-order valence-corrected chi connectivity index (χ1v) is 13.1. The fraction of sp³-hybridized carbons (Fsp3) is 0.435. The van der Waals surface area contributed by atoms with Gasteiger partial charge in [-0.2, -0.15) is 0 Å². The topological polar surface area (TPSA) is 81.8 Å². The Kier molecular flexibility index (Phi) is 6.54. The van der Waals surface area contributed by atoms with Crippen LogP contribution in [0.25, 0.3) is 26.9 Å². The molecule has 0 aliphatic carbocycles. The highest BCUT2D eigenvalue weighted by Crippen LogP contribution is 2.44. The van der Waals surface area contributed by atoms with Crippen molar-refractivity contribution in [3.05, 3.63) is 43.9 Å². The Morgan fingerprint density at radius 3 is 2.56 bits per heavy atom. The molecule has 0 unspecified atom stereocenters. The summed E-state index contributed by atoms with van der Waals surface area (Å²) < 4.78 is 12.5. The Bertz CT molecular complexity index is 1270. The number of hydrogen-bond acceptors (Lipinski definition) is 8. The lowest BCUT2D eigenvalue weighted by molar-refractivity contribution is -0.0757. The van der Waals surface area contributed by atoms with Crippen LogP contribution in [-0.4, -0.2) is 43.4 Å². The number of carbonyl (C=O) groups is 1. The predicted molar refractivity (Wildman–Crippen MR) is 136 cm³/mol. The second-order valence-electron chi connectivity index (χ2n) is 9.29. The molecule has 3 aromatic heterocycles. The van der Waals surface area contributed by atoms with E-state index in [2.05, 4.69) is 25.8 Å². The zero-order valence-electron chi connectivity index (χ0n) is 19.6. The normalized spacial score (nSPS) is 19.8. The summed E-state index contributed by atoms with van der Waals surface area (Å²) in [4.78, 5) is 32.3. The van der Waals surface area contributed by atoms with E-state index >= 15 is 0 Å². The Balaban J connectivity index is 1.72. The van der Waals surface area contributed by atoms with E-state index in [9.17, 15) is 4.79 Å². The molecule has 0 aromatic carbocycles. The highest BCUT2D eigenvalue weighted by Gasteiger charge is 2.51. The molecule has 0 saturated carbocycles. The Hall–Kier alpha value is -2.39. The molecule has 1 fully saturated rings. The Morgan fingerprint density at radius 2 is 1.94 bits per heavy atom. The number of nitrogens with zero attached hydrogens (tertiary/aromatic N) is 5. The molecule has 0 bridgehead atoms. The van der Waals surface area contributed by atoms with Crippen molar-refractivity contribution < 1.29 is 14.3 Å². The number of aromatic nitrogens is 3. The zero-order valence-corrected chi connectivity index (χ0v) is 22.8. The standard InChI is InChI=1S/C23H24BrN5O3S2/c1-12-18(29(23(5,6)31-12)21(30)32-22(2,3)4)20-27-15(10-33-20)17-13(25-7)8-9-14(26-17)19-28-16(24)11-34-19/h8-12,18H,1-6H3/t12-,18+/m1/s1. The van der Waals surface area contributed by atoms with Crippen LogP contribution < -0.4 is 0 Å². The first kappa shape index (κ1) is 24.7. The molecule has 1 saturated heterocycles. The quantitative estimate of drug-likeness (QED) is 0.318. The summed E-state index contributed by atoms with van der Waals surface area (Å²) in [5, 5.41) is 5.18. The second kappa shape index (κ2) is 9.00. The molecule has 34 heavy (non-hydrogen) atoms. The summed E-state index contributed by atoms with van der Waals surface area (Å²) in [5.74, 6) is 0. The molecule has 8 nitrogen and oxygen atoms in total. The van der Waals surface area contributed by atoms with Crippen molar-refractivity contribution >= 4 is 50.4 Å². The molecule has 1 aliphatic heterocycles. The van der Waals surface area contributed by atoms with Crippen LogP contribution in [-0.2, 0) is 9.47 Å². The Labute approximate surface area is 214 Å². The maximum absolute atomic E-state index is 13.1. The van der Waals surface area contributed by atoms with E-state index in [1.54, 1.807) is 17.0 Å². The van der Waals surface area contributed by atoms with Gasteiger partial charge in [-0.05, 0) is 63.5 Å². The molecule has 1 amide bonds. The molecule has 4 heterocycles. The number of hydrogen-bond donors (Lipinski definition) is 0. The van der Waals surface area contributed by atoms with Crippen LogP contribution in [0, 0.1) is 6.57 Å². The van der Waals surface area contributed by atoms with Gasteiger partial charge in [0, 0.05) is 10.8 Å². The number of thiazole rings is 2. The van der Waals surface area contributed by atoms with Gasteiger partial charge in [0.1, 0.15) is 32.0 Å². The van der Waals surface area contributed by atoms with Crippen molar-refractivity contribution in [2.45, 2.75) is 65.0 Å². The molecular formula is C23H24BrN5O3S2. The van der Waals surface area contributed by atoms with Crippen molar-refractivity contribution in [1.29, 1.82) is 0 Å². The van der Waals surface area contributed by atoms with Gasteiger partial charge in [0.15, 0.2) is 0 Å². The van der Waals surface area contributed by atoms with Crippen LogP contribution in [0.3, 0.4) is 0 Å². The lowest BCUT2D eigenvalue weighted by Crippen LogP contribution is -2.47. The van der Waals surface area contributed by atoms with Gasteiger partial charge in [0.05, 0.1) is 29.8 Å². The maximum atomic E-state index is 13.1. The number of carbonyl (C=O) groups excluding carboxylic acids is 1. The average Bonchev–Trinajstić information content (AvgIpc) is 3.43. The molecule has 2 atom stereocenters. The lowest BCUT2D eigenvalue weighted by atomic mass is 10.1. The third-order valence-corrected chi connectivity index (χ3v) is 7.56. The average molecular weight is 563 g/mol. The highest BCUT2D eigenvalue weighted by atomic mass is 79.9. The van der Waals surface area contributed by atoms with Crippen molar-refractivity contribution in [1.82, 2.24) is 19.9 Å². The number of amides is 1. The van der Waals surface area contributed by atoms with Crippen molar-refractivity contribution in [3.63, 3.8) is 0 Å². The monoisotopic (exact) mass is 561 g/mol. The lowest BCUT2D eigenvalue weighted by Gasteiger charge is -2.34. The minimum atomic E-state index is -0.865. The molecule has 3 aromatic rings. The SMILES string of the molecule is [C-]#[N+]c1ccc(-c2nc(Br)cs2)nc1-c1csc([C@@H]2[C@@H](C)OC(C)(C)N2C(=O)OC(C)(C)C)n1. The van der Waals surface area contributed by atoms with Crippen molar-refractivity contribution in [3.8, 4) is 22.1 Å². The van der Waals surface area contributed by atoms with Gasteiger partial charge in [0.25, 0.3) is 0 Å². The zero-order chi connectivity index (χ0) is 24.8. The fourth-order valence-corrected chi connectivity index (χ4v) is 6.04. The smallest absolute Gasteiger partial charge is 0.413 e. The van der Waals surface area contributed by atoms with Gasteiger partial charge in [-0.3, -0.25) is 9.88 Å². The highest BCUT2D eigenvalue weighted by molar-refractivity contribution is 9.10. The number of pyridine rings is 1. The van der Waals surface area contributed by atoms with Crippen LogP contribution in [0.1, 0.15) is 52.6 Å². The molecular weight excluding hydrogens is 538 g/mol. The number of ether oxygens (including phenoxy) is 2. The van der Waals surface area contributed by atoms with E-state index in [0.29, 0.717) is 27.8 Å². The first-order chi connectivity index (χ1) is 15.9. The van der Waals surface area contributed by atoms with E-state index in [-0.39, 0.29) is 6.10 Å². The largest absolute Gasteiger partial charge is 0.444 e. The van der Waals surface area contributed by atoms with Gasteiger partial charge >= 0.3 is 6.09 Å². The van der Waals surface area contributed by atoms with Crippen LogP contribution >= 0.6 is 38.6 Å². The minimum absolute atomic E-state index is 0.297.